The zero-order valence-electron chi connectivity index (χ0n) is 18.8. The molecule has 2 saturated carbocycles. The maximum Gasteiger partial charge on any atom is 0.346 e. The number of allylic oxidation sites excluding steroid dienone is 2. The van der Waals surface area contributed by atoms with E-state index < -0.39 is 11.8 Å². The first-order valence-electron chi connectivity index (χ1n) is 11.9. The second kappa shape index (κ2) is 10.3. The SMILES string of the molecule is C=CCCc1ccc(OC(=O)c2ccc(C3CCC4CC(C=C)CCC4C3)cc2F)cc1. The molecule has 0 bridgehead atoms. The number of benzene rings is 2. The zero-order chi connectivity index (χ0) is 22.5. The summed E-state index contributed by atoms with van der Waals surface area (Å²) in [4.78, 5) is 12.5. The summed E-state index contributed by atoms with van der Waals surface area (Å²) < 4.78 is 20.3. The van der Waals surface area contributed by atoms with Gasteiger partial charge >= 0.3 is 5.97 Å². The Morgan fingerprint density at radius 2 is 1.75 bits per heavy atom. The largest absolute Gasteiger partial charge is 0.423 e. The predicted molar refractivity (Wildman–Crippen MR) is 127 cm³/mol. The molecule has 2 fully saturated rings. The van der Waals surface area contributed by atoms with Gasteiger partial charge in [-0.1, -0.05) is 30.4 Å². The fourth-order valence-electron chi connectivity index (χ4n) is 5.55. The van der Waals surface area contributed by atoms with E-state index in [4.69, 9.17) is 4.74 Å². The molecule has 168 valence electrons. The molecule has 2 aromatic carbocycles. The lowest BCUT2D eigenvalue weighted by Crippen LogP contribution is -2.30. The van der Waals surface area contributed by atoms with Crippen LogP contribution in [0.25, 0.3) is 0 Å². The van der Waals surface area contributed by atoms with Crippen molar-refractivity contribution in [1.82, 2.24) is 0 Å². The van der Waals surface area contributed by atoms with Crippen LogP contribution in [0.1, 0.15) is 72.3 Å². The van der Waals surface area contributed by atoms with Gasteiger partial charge in [0.1, 0.15) is 11.6 Å². The van der Waals surface area contributed by atoms with Gasteiger partial charge in [-0.25, -0.2) is 9.18 Å². The Morgan fingerprint density at radius 3 is 2.47 bits per heavy atom. The summed E-state index contributed by atoms with van der Waals surface area (Å²) in [5, 5.41) is 0. The summed E-state index contributed by atoms with van der Waals surface area (Å²) in [6, 6.07) is 12.4. The summed E-state index contributed by atoms with van der Waals surface area (Å²) >= 11 is 0. The number of halogens is 1. The van der Waals surface area contributed by atoms with E-state index in [1.54, 1.807) is 24.3 Å². The van der Waals surface area contributed by atoms with Crippen molar-refractivity contribution in [3.63, 3.8) is 0 Å². The van der Waals surface area contributed by atoms with Gasteiger partial charge in [0.15, 0.2) is 0 Å². The maximum absolute atomic E-state index is 14.9. The molecule has 0 amide bonds. The van der Waals surface area contributed by atoms with E-state index >= 15 is 0 Å². The van der Waals surface area contributed by atoms with Gasteiger partial charge in [0.25, 0.3) is 0 Å². The van der Waals surface area contributed by atoms with E-state index in [0.29, 0.717) is 17.6 Å². The van der Waals surface area contributed by atoms with Crippen LogP contribution in [-0.2, 0) is 6.42 Å². The van der Waals surface area contributed by atoms with Crippen molar-refractivity contribution in [2.75, 3.05) is 0 Å². The maximum atomic E-state index is 14.9. The Bertz CT molecular complexity index is 962. The normalized spacial score (nSPS) is 24.9. The molecule has 3 heteroatoms. The Labute approximate surface area is 191 Å². The van der Waals surface area contributed by atoms with E-state index in [-0.39, 0.29) is 5.56 Å². The number of carbonyl (C=O) groups excluding carboxylic acids is 1. The highest BCUT2D eigenvalue weighted by molar-refractivity contribution is 5.91. The number of hydrogen-bond donors (Lipinski definition) is 0. The first-order valence-corrected chi connectivity index (χ1v) is 11.9. The molecular weight excluding hydrogens is 399 g/mol. The van der Waals surface area contributed by atoms with E-state index in [1.165, 1.54) is 25.7 Å². The van der Waals surface area contributed by atoms with Crippen molar-refractivity contribution >= 4 is 5.97 Å². The number of esters is 1. The molecule has 4 unspecified atom stereocenters. The lowest BCUT2D eigenvalue weighted by molar-refractivity contribution is 0.0729. The average Bonchev–Trinajstić information content (AvgIpc) is 2.82. The third kappa shape index (κ3) is 5.20. The van der Waals surface area contributed by atoms with Gasteiger partial charge < -0.3 is 4.74 Å². The Balaban J connectivity index is 1.38. The first-order chi connectivity index (χ1) is 15.6. The summed E-state index contributed by atoms with van der Waals surface area (Å²) in [6.45, 7) is 7.70. The first kappa shape index (κ1) is 22.5. The number of aryl methyl sites for hydroxylation is 1. The monoisotopic (exact) mass is 432 g/mol. The lowest BCUT2D eigenvalue weighted by Gasteiger charge is -2.41. The van der Waals surface area contributed by atoms with Gasteiger partial charge in [-0.05, 0) is 110 Å². The minimum absolute atomic E-state index is 0.00957. The Kier molecular flexibility index (Phi) is 7.24. The smallest absolute Gasteiger partial charge is 0.346 e. The van der Waals surface area contributed by atoms with Crippen LogP contribution in [0.15, 0.2) is 67.8 Å². The average molecular weight is 433 g/mol. The molecular formula is C29H33FO2. The van der Waals surface area contributed by atoms with Crippen LogP contribution in [0, 0.1) is 23.6 Å². The number of carbonyl (C=O) groups is 1. The Hall–Kier alpha value is -2.68. The molecule has 0 N–H and O–H groups in total. The lowest BCUT2D eigenvalue weighted by atomic mass is 9.64. The molecule has 0 aromatic heterocycles. The molecule has 4 atom stereocenters. The summed E-state index contributed by atoms with van der Waals surface area (Å²) in [7, 11) is 0. The summed E-state index contributed by atoms with van der Waals surface area (Å²) in [5.41, 5.74) is 2.15. The molecule has 32 heavy (non-hydrogen) atoms. The van der Waals surface area contributed by atoms with Crippen LogP contribution in [0.5, 0.6) is 5.75 Å². The molecule has 4 rings (SSSR count). The third-order valence-corrected chi connectivity index (χ3v) is 7.44. The van der Waals surface area contributed by atoms with E-state index in [1.807, 2.05) is 24.3 Å². The number of ether oxygens (including phenoxy) is 1. The zero-order valence-corrected chi connectivity index (χ0v) is 18.8. The third-order valence-electron chi connectivity index (χ3n) is 7.44. The van der Waals surface area contributed by atoms with Crippen molar-refractivity contribution < 1.29 is 13.9 Å². The second-order valence-electron chi connectivity index (χ2n) is 9.44. The molecule has 0 spiro atoms. The number of fused-ring (bicyclic) bond motifs is 1. The molecule has 0 heterocycles. The van der Waals surface area contributed by atoms with Crippen LogP contribution in [0.2, 0.25) is 0 Å². The van der Waals surface area contributed by atoms with Gasteiger partial charge in [0.05, 0.1) is 5.56 Å². The van der Waals surface area contributed by atoms with Crippen molar-refractivity contribution in [2.24, 2.45) is 17.8 Å². The van der Waals surface area contributed by atoms with Crippen molar-refractivity contribution in [3.05, 3.63) is 90.3 Å². The van der Waals surface area contributed by atoms with Crippen LogP contribution in [-0.4, -0.2) is 5.97 Å². The highest BCUT2D eigenvalue weighted by Gasteiger charge is 2.35. The quantitative estimate of drug-likeness (QED) is 0.255. The second-order valence-corrected chi connectivity index (χ2v) is 9.44. The van der Waals surface area contributed by atoms with E-state index in [0.717, 1.165) is 48.6 Å². The van der Waals surface area contributed by atoms with Gasteiger partial charge in [0, 0.05) is 0 Å². The summed E-state index contributed by atoms with van der Waals surface area (Å²) in [6.07, 6.45) is 12.9. The molecule has 0 saturated heterocycles. The fraction of sp³-hybridized carbons (Fsp3) is 0.414. The minimum atomic E-state index is -0.653. The molecule has 2 aliphatic rings. The molecule has 2 nitrogen and oxygen atoms in total. The topological polar surface area (TPSA) is 26.3 Å². The number of hydrogen-bond acceptors (Lipinski definition) is 2. The highest BCUT2D eigenvalue weighted by Crippen LogP contribution is 2.47. The van der Waals surface area contributed by atoms with Crippen LogP contribution < -0.4 is 4.74 Å². The van der Waals surface area contributed by atoms with Gasteiger partial charge in [-0.3, -0.25) is 0 Å². The minimum Gasteiger partial charge on any atom is -0.423 e. The fourth-order valence-corrected chi connectivity index (χ4v) is 5.55. The van der Waals surface area contributed by atoms with Gasteiger partial charge in [-0.2, -0.15) is 0 Å². The van der Waals surface area contributed by atoms with Gasteiger partial charge in [-0.15, -0.1) is 13.2 Å². The highest BCUT2D eigenvalue weighted by atomic mass is 19.1. The van der Waals surface area contributed by atoms with Crippen LogP contribution in [0.4, 0.5) is 4.39 Å². The van der Waals surface area contributed by atoms with Gasteiger partial charge in [0.2, 0.25) is 0 Å². The molecule has 0 radical (unpaired) electrons. The van der Waals surface area contributed by atoms with Crippen molar-refractivity contribution in [3.8, 4) is 5.75 Å². The van der Waals surface area contributed by atoms with E-state index in [9.17, 15) is 9.18 Å². The summed E-state index contributed by atoms with van der Waals surface area (Å²) in [5.74, 6) is 1.83. The predicted octanol–water partition coefficient (Wildman–Crippen LogP) is 7.65. The molecule has 2 aliphatic carbocycles. The van der Waals surface area contributed by atoms with Crippen LogP contribution in [0.3, 0.4) is 0 Å². The standard InChI is InChI=1S/C29H33FO2/c1-3-5-6-21-8-14-26(15-9-21)32-29(31)27-16-13-25(19-28(27)30)24-12-11-22-17-20(4-2)7-10-23(22)18-24/h3-4,8-9,13-16,19-20,22-24H,1-2,5-7,10-12,17-18H2. The molecule has 0 aliphatic heterocycles. The van der Waals surface area contributed by atoms with E-state index in [2.05, 4.69) is 19.2 Å². The number of rotatable bonds is 7. The van der Waals surface area contributed by atoms with Crippen molar-refractivity contribution in [2.45, 2.75) is 57.3 Å². The molecule has 2 aromatic rings. The van der Waals surface area contributed by atoms with Crippen LogP contribution >= 0.6 is 0 Å². The van der Waals surface area contributed by atoms with Crippen molar-refractivity contribution in [1.29, 1.82) is 0 Å². The Morgan fingerprint density at radius 1 is 1.00 bits per heavy atom.